The number of benzene rings is 2. The number of fused-ring (bicyclic) bond motifs is 1. The van der Waals surface area contributed by atoms with Crippen molar-refractivity contribution in [3.05, 3.63) is 90.9 Å². The number of nitrogens with one attached hydrogen (secondary N) is 1. The molecule has 5 aromatic rings. The number of hydrogen-bond acceptors (Lipinski definition) is 6. The molecular weight excluding hydrogens is 450 g/mol. The Balaban J connectivity index is 0.00000259. The van der Waals surface area contributed by atoms with Crippen LogP contribution in [-0.4, -0.2) is 21.5 Å². The Labute approximate surface area is 203 Å². The van der Waals surface area contributed by atoms with Crippen LogP contribution in [0.15, 0.2) is 85.3 Å². The molecule has 2 aromatic carbocycles. The van der Waals surface area contributed by atoms with Crippen molar-refractivity contribution in [3.8, 4) is 21.7 Å². The van der Waals surface area contributed by atoms with Crippen molar-refractivity contribution in [1.82, 2.24) is 15.0 Å². The summed E-state index contributed by atoms with van der Waals surface area (Å²) in [4.78, 5) is 14.8. The number of para-hydroxylation sites is 1. The second-order valence-electron chi connectivity index (χ2n) is 7.57. The van der Waals surface area contributed by atoms with Gasteiger partial charge in [-0.15, -0.1) is 23.7 Å². The summed E-state index contributed by atoms with van der Waals surface area (Å²) in [6.07, 6.45) is 7.37. The molecule has 0 fully saturated rings. The number of rotatable bonds is 7. The van der Waals surface area contributed by atoms with Gasteiger partial charge in [-0.1, -0.05) is 36.4 Å². The molecule has 0 amide bonds. The zero-order valence-corrected chi connectivity index (χ0v) is 19.6. The second-order valence-corrected chi connectivity index (χ2v) is 8.65. The largest absolute Gasteiger partial charge is 0.399 e. The zero-order valence-electron chi connectivity index (χ0n) is 17.9. The summed E-state index contributed by atoms with van der Waals surface area (Å²) in [7, 11) is 0. The maximum absolute atomic E-state index is 6.05. The molecule has 5 nitrogen and oxygen atoms in total. The first-order valence-electron chi connectivity index (χ1n) is 10.6. The SMILES string of the molecule is Cl.Nc1ccccc1CCCNc1ncc(-c2cc3ccccc3s2)c(-c2ccncc2)n1. The molecule has 0 aliphatic rings. The van der Waals surface area contributed by atoms with Crippen LogP contribution in [0.2, 0.25) is 0 Å². The Bertz CT molecular complexity index is 1320. The lowest BCUT2D eigenvalue weighted by molar-refractivity contribution is 0.855. The third-order valence-electron chi connectivity index (χ3n) is 5.39. The topological polar surface area (TPSA) is 76.7 Å². The van der Waals surface area contributed by atoms with Crippen LogP contribution in [0.25, 0.3) is 31.8 Å². The summed E-state index contributed by atoms with van der Waals surface area (Å²) in [5, 5.41) is 4.61. The van der Waals surface area contributed by atoms with Crippen LogP contribution in [0.5, 0.6) is 0 Å². The average Bonchev–Trinajstić information content (AvgIpc) is 3.27. The molecule has 5 rings (SSSR count). The van der Waals surface area contributed by atoms with Crippen molar-refractivity contribution >= 4 is 45.5 Å². The first-order chi connectivity index (χ1) is 15.8. The molecule has 0 saturated carbocycles. The van der Waals surface area contributed by atoms with Crippen molar-refractivity contribution in [2.75, 3.05) is 17.6 Å². The van der Waals surface area contributed by atoms with Crippen LogP contribution in [0.1, 0.15) is 12.0 Å². The van der Waals surface area contributed by atoms with E-state index in [2.05, 4.69) is 51.7 Å². The van der Waals surface area contributed by atoms with Gasteiger partial charge in [-0.05, 0) is 54.1 Å². The molecule has 0 aliphatic heterocycles. The Morgan fingerprint density at radius 2 is 1.73 bits per heavy atom. The molecule has 0 atom stereocenters. The first kappa shape index (κ1) is 22.7. The number of nitrogens with zero attached hydrogens (tertiary/aromatic N) is 3. The van der Waals surface area contributed by atoms with E-state index in [0.29, 0.717) is 5.95 Å². The predicted octanol–water partition coefficient (Wildman–Crippen LogP) is 6.47. The molecule has 7 heteroatoms. The molecular formula is C26H24ClN5S. The van der Waals surface area contributed by atoms with Crippen molar-refractivity contribution < 1.29 is 0 Å². The molecule has 0 radical (unpaired) electrons. The molecule has 0 spiro atoms. The fourth-order valence-electron chi connectivity index (χ4n) is 3.73. The third-order valence-corrected chi connectivity index (χ3v) is 6.54. The highest BCUT2D eigenvalue weighted by molar-refractivity contribution is 7.22. The van der Waals surface area contributed by atoms with E-state index in [1.165, 1.54) is 15.6 Å². The summed E-state index contributed by atoms with van der Waals surface area (Å²) in [5.41, 5.74) is 11.0. The second kappa shape index (κ2) is 10.4. The molecule has 0 saturated heterocycles. The summed E-state index contributed by atoms with van der Waals surface area (Å²) in [5.74, 6) is 0.628. The number of anilines is 2. The minimum absolute atomic E-state index is 0. The van der Waals surface area contributed by atoms with Crippen molar-refractivity contribution in [1.29, 1.82) is 0 Å². The van der Waals surface area contributed by atoms with E-state index in [-0.39, 0.29) is 12.4 Å². The van der Waals surface area contributed by atoms with E-state index < -0.39 is 0 Å². The monoisotopic (exact) mass is 473 g/mol. The number of thiophene rings is 1. The number of aryl methyl sites for hydroxylation is 1. The highest BCUT2D eigenvalue weighted by Crippen LogP contribution is 2.38. The summed E-state index contributed by atoms with van der Waals surface area (Å²) >= 11 is 1.76. The molecule has 0 unspecified atom stereocenters. The smallest absolute Gasteiger partial charge is 0.223 e. The van der Waals surface area contributed by atoms with Gasteiger partial charge < -0.3 is 11.1 Å². The van der Waals surface area contributed by atoms with E-state index in [4.69, 9.17) is 10.7 Å². The number of nitrogens with two attached hydrogens (primary N) is 1. The minimum atomic E-state index is 0. The van der Waals surface area contributed by atoms with Gasteiger partial charge in [0.1, 0.15) is 0 Å². The van der Waals surface area contributed by atoms with Crippen LogP contribution in [0.4, 0.5) is 11.6 Å². The van der Waals surface area contributed by atoms with Crippen LogP contribution in [0.3, 0.4) is 0 Å². The minimum Gasteiger partial charge on any atom is -0.399 e. The Hall–Kier alpha value is -3.48. The zero-order chi connectivity index (χ0) is 21.8. The maximum atomic E-state index is 6.05. The lowest BCUT2D eigenvalue weighted by Crippen LogP contribution is -2.08. The fourth-order valence-corrected chi connectivity index (χ4v) is 4.81. The van der Waals surface area contributed by atoms with Gasteiger partial charge in [-0.2, -0.15) is 0 Å². The van der Waals surface area contributed by atoms with E-state index in [0.717, 1.165) is 46.8 Å². The predicted molar refractivity (Wildman–Crippen MR) is 141 cm³/mol. The van der Waals surface area contributed by atoms with Gasteiger partial charge in [0.15, 0.2) is 0 Å². The van der Waals surface area contributed by atoms with Crippen LogP contribution < -0.4 is 11.1 Å². The number of pyridine rings is 1. The van der Waals surface area contributed by atoms with Gasteiger partial charge in [0.05, 0.1) is 5.69 Å². The number of halogens is 1. The summed E-state index contributed by atoms with van der Waals surface area (Å²) in [6.45, 7) is 0.770. The molecule has 3 heterocycles. The van der Waals surface area contributed by atoms with Gasteiger partial charge in [-0.25, -0.2) is 9.97 Å². The van der Waals surface area contributed by atoms with E-state index in [9.17, 15) is 0 Å². The highest BCUT2D eigenvalue weighted by Gasteiger charge is 2.14. The maximum Gasteiger partial charge on any atom is 0.223 e. The lowest BCUT2D eigenvalue weighted by atomic mass is 10.1. The van der Waals surface area contributed by atoms with Gasteiger partial charge in [-0.3, -0.25) is 4.98 Å². The highest BCUT2D eigenvalue weighted by atomic mass is 35.5. The number of hydrogen-bond donors (Lipinski definition) is 2. The Morgan fingerprint density at radius 3 is 2.55 bits per heavy atom. The molecule has 3 N–H and O–H groups in total. The molecule has 166 valence electrons. The first-order valence-corrected chi connectivity index (χ1v) is 11.4. The van der Waals surface area contributed by atoms with Crippen LogP contribution in [-0.2, 0) is 6.42 Å². The van der Waals surface area contributed by atoms with E-state index in [1.54, 1.807) is 23.7 Å². The van der Waals surface area contributed by atoms with E-state index in [1.807, 2.05) is 36.5 Å². The normalized spacial score (nSPS) is 10.7. The molecule has 0 bridgehead atoms. The standard InChI is InChI=1S/C26H23N5S.ClH/c27-22-9-3-1-6-18(22)8-5-13-29-26-30-17-21(25(31-26)19-11-14-28-15-12-19)24-16-20-7-2-4-10-23(20)32-24;/h1-4,6-7,9-12,14-17H,5,8,13,27H2,(H,29,30,31);1H. The molecule has 0 aliphatic carbocycles. The summed E-state index contributed by atoms with van der Waals surface area (Å²) < 4.78 is 1.26. The van der Waals surface area contributed by atoms with Crippen LogP contribution >= 0.6 is 23.7 Å². The van der Waals surface area contributed by atoms with Crippen molar-refractivity contribution in [2.45, 2.75) is 12.8 Å². The Kier molecular flexibility index (Phi) is 7.17. The number of nitrogen functional groups attached to an aromatic ring is 1. The van der Waals surface area contributed by atoms with Crippen LogP contribution in [0, 0.1) is 0 Å². The van der Waals surface area contributed by atoms with E-state index >= 15 is 0 Å². The van der Waals surface area contributed by atoms with Crippen molar-refractivity contribution in [3.63, 3.8) is 0 Å². The molecule has 3 aromatic heterocycles. The Morgan fingerprint density at radius 1 is 0.939 bits per heavy atom. The summed E-state index contributed by atoms with van der Waals surface area (Å²) in [6, 6.07) is 22.6. The van der Waals surface area contributed by atoms with Gasteiger partial charge in [0, 0.05) is 51.5 Å². The third kappa shape index (κ3) is 5.13. The number of aromatic nitrogens is 3. The van der Waals surface area contributed by atoms with Gasteiger partial charge >= 0.3 is 0 Å². The molecule has 33 heavy (non-hydrogen) atoms. The average molecular weight is 474 g/mol. The fraction of sp³-hybridized carbons (Fsp3) is 0.115. The lowest BCUT2D eigenvalue weighted by Gasteiger charge is -2.11. The van der Waals surface area contributed by atoms with Crippen molar-refractivity contribution in [2.24, 2.45) is 0 Å². The quantitative estimate of drug-likeness (QED) is 0.209. The van der Waals surface area contributed by atoms with Gasteiger partial charge in [0.2, 0.25) is 5.95 Å². The van der Waals surface area contributed by atoms with Gasteiger partial charge in [0.25, 0.3) is 0 Å².